The van der Waals surface area contributed by atoms with Crippen LogP contribution in [0.1, 0.15) is 20.3 Å². The predicted molar refractivity (Wildman–Crippen MR) is 60.0 cm³/mol. The minimum Gasteiger partial charge on any atom is -0.481 e. The first-order chi connectivity index (χ1) is 7.50. The van der Waals surface area contributed by atoms with E-state index >= 15 is 0 Å². The van der Waals surface area contributed by atoms with Gasteiger partial charge in [0.2, 0.25) is 5.91 Å². The summed E-state index contributed by atoms with van der Waals surface area (Å²) in [6.07, 6.45) is 0.915. The fourth-order valence-electron chi connectivity index (χ4n) is 1.69. The third-order valence-electron chi connectivity index (χ3n) is 2.79. The minimum absolute atomic E-state index is 0.00407. The summed E-state index contributed by atoms with van der Waals surface area (Å²) in [7, 11) is 0. The summed E-state index contributed by atoms with van der Waals surface area (Å²) in [6.45, 7) is 5.79. The largest absolute Gasteiger partial charge is 0.481 e. The Balaban J connectivity index is 2.56. The summed E-state index contributed by atoms with van der Waals surface area (Å²) < 4.78 is 0. The average Bonchev–Trinajstić information content (AvgIpc) is 2.37. The van der Waals surface area contributed by atoms with E-state index < -0.39 is 11.9 Å². The molecule has 1 amide bonds. The summed E-state index contributed by atoms with van der Waals surface area (Å²) in [5.74, 6) is -0.799. The zero-order chi connectivity index (χ0) is 12.1. The molecule has 0 aromatic heterocycles. The lowest BCUT2D eigenvalue weighted by Gasteiger charge is -2.23. The van der Waals surface area contributed by atoms with Crippen LogP contribution in [0.25, 0.3) is 0 Å². The van der Waals surface area contributed by atoms with Gasteiger partial charge in [0.15, 0.2) is 0 Å². The molecule has 5 nitrogen and oxygen atoms in total. The molecule has 0 spiro atoms. The van der Waals surface area contributed by atoms with Crippen molar-refractivity contribution in [1.82, 2.24) is 10.2 Å². The molecule has 2 N–H and O–H groups in total. The second kappa shape index (κ2) is 5.84. The summed E-state index contributed by atoms with van der Waals surface area (Å²) >= 11 is 0. The lowest BCUT2D eigenvalue weighted by Crippen LogP contribution is -2.38. The van der Waals surface area contributed by atoms with Gasteiger partial charge in [-0.15, -0.1) is 0 Å². The van der Waals surface area contributed by atoms with E-state index in [0.717, 1.165) is 6.42 Å². The Bertz CT molecular complexity index is 266. The maximum Gasteiger partial charge on any atom is 0.309 e. The van der Waals surface area contributed by atoms with Gasteiger partial charge in [-0.3, -0.25) is 9.59 Å². The Morgan fingerprint density at radius 3 is 2.88 bits per heavy atom. The zero-order valence-electron chi connectivity index (χ0n) is 9.90. The van der Waals surface area contributed by atoms with Crippen LogP contribution in [0.5, 0.6) is 0 Å². The predicted octanol–water partition coefficient (Wildman–Crippen LogP) is 0.165. The highest BCUT2D eigenvalue weighted by Crippen LogP contribution is 2.08. The van der Waals surface area contributed by atoms with Gasteiger partial charge in [0.05, 0.1) is 12.5 Å². The van der Waals surface area contributed by atoms with Gasteiger partial charge in [0, 0.05) is 19.6 Å². The van der Waals surface area contributed by atoms with Crippen molar-refractivity contribution in [3.8, 4) is 0 Å². The van der Waals surface area contributed by atoms with E-state index in [1.165, 1.54) is 0 Å². The summed E-state index contributed by atoms with van der Waals surface area (Å²) in [4.78, 5) is 24.3. The van der Waals surface area contributed by atoms with Gasteiger partial charge in [0.1, 0.15) is 0 Å². The van der Waals surface area contributed by atoms with Gasteiger partial charge < -0.3 is 15.3 Å². The van der Waals surface area contributed by atoms with Gasteiger partial charge in [-0.2, -0.15) is 0 Å². The monoisotopic (exact) mass is 228 g/mol. The molecular formula is C11H20N2O3. The van der Waals surface area contributed by atoms with Gasteiger partial charge in [-0.1, -0.05) is 13.8 Å². The Morgan fingerprint density at radius 1 is 1.62 bits per heavy atom. The Hall–Kier alpha value is -1.10. The van der Waals surface area contributed by atoms with E-state index in [1.54, 1.807) is 4.90 Å². The second-order valence-corrected chi connectivity index (χ2v) is 4.69. The van der Waals surface area contributed by atoms with Crippen molar-refractivity contribution in [2.24, 2.45) is 11.8 Å². The molecule has 16 heavy (non-hydrogen) atoms. The molecule has 92 valence electrons. The van der Waals surface area contributed by atoms with Crippen LogP contribution in [0.4, 0.5) is 0 Å². The Kier molecular flexibility index (Phi) is 4.73. The Labute approximate surface area is 95.8 Å². The van der Waals surface area contributed by atoms with Crippen molar-refractivity contribution >= 4 is 11.9 Å². The van der Waals surface area contributed by atoms with E-state index in [4.69, 9.17) is 5.11 Å². The number of carboxylic acid groups (broad SMARTS) is 1. The fourth-order valence-corrected chi connectivity index (χ4v) is 1.69. The lowest BCUT2D eigenvalue weighted by molar-refractivity contribution is -0.142. The Morgan fingerprint density at radius 2 is 2.31 bits per heavy atom. The number of nitrogens with zero attached hydrogens (tertiary/aromatic N) is 1. The molecule has 1 rings (SSSR count). The molecular weight excluding hydrogens is 208 g/mol. The van der Waals surface area contributed by atoms with Crippen molar-refractivity contribution in [3.05, 3.63) is 0 Å². The molecule has 1 fully saturated rings. The van der Waals surface area contributed by atoms with Crippen molar-refractivity contribution in [2.45, 2.75) is 20.3 Å². The fraction of sp³-hybridized carbons (Fsp3) is 0.818. The van der Waals surface area contributed by atoms with Gasteiger partial charge >= 0.3 is 5.97 Å². The molecule has 0 saturated carbocycles. The molecule has 0 aliphatic carbocycles. The standard InChI is InChI=1S/C11H20N2O3/c1-8(2)3-4-13-7-9(11(15)16)5-12-6-10(13)14/h8-9,12H,3-7H2,1-2H3,(H,15,16). The highest BCUT2D eigenvalue weighted by Gasteiger charge is 2.27. The van der Waals surface area contributed by atoms with Crippen LogP contribution in [-0.4, -0.2) is 48.1 Å². The summed E-state index contributed by atoms with van der Waals surface area (Å²) in [5.41, 5.74) is 0. The number of nitrogens with one attached hydrogen (secondary N) is 1. The third-order valence-corrected chi connectivity index (χ3v) is 2.79. The first-order valence-corrected chi connectivity index (χ1v) is 5.72. The molecule has 1 aliphatic rings. The molecule has 0 aromatic carbocycles. The SMILES string of the molecule is CC(C)CCN1CC(C(=O)O)CNCC1=O. The number of rotatable bonds is 4. The molecule has 1 unspecified atom stereocenters. The molecule has 1 heterocycles. The van der Waals surface area contributed by atoms with Crippen molar-refractivity contribution < 1.29 is 14.7 Å². The molecule has 1 atom stereocenters. The number of amides is 1. The highest BCUT2D eigenvalue weighted by molar-refractivity contribution is 5.80. The van der Waals surface area contributed by atoms with Crippen LogP contribution in [0.2, 0.25) is 0 Å². The number of carbonyl (C=O) groups is 2. The van der Waals surface area contributed by atoms with E-state index in [-0.39, 0.29) is 12.5 Å². The van der Waals surface area contributed by atoms with E-state index in [0.29, 0.717) is 25.6 Å². The lowest BCUT2D eigenvalue weighted by atomic mass is 10.1. The van der Waals surface area contributed by atoms with Crippen LogP contribution >= 0.6 is 0 Å². The summed E-state index contributed by atoms with van der Waals surface area (Å²) in [6, 6.07) is 0. The average molecular weight is 228 g/mol. The van der Waals surface area contributed by atoms with Crippen molar-refractivity contribution in [3.63, 3.8) is 0 Å². The van der Waals surface area contributed by atoms with E-state index in [9.17, 15) is 9.59 Å². The minimum atomic E-state index is -0.836. The first kappa shape index (κ1) is 13.0. The van der Waals surface area contributed by atoms with Crippen LogP contribution in [-0.2, 0) is 9.59 Å². The third kappa shape index (κ3) is 3.81. The first-order valence-electron chi connectivity index (χ1n) is 5.72. The topological polar surface area (TPSA) is 69.6 Å². The number of carboxylic acids is 1. The zero-order valence-corrected chi connectivity index (χ0v) is 9.90. The number of hydrogen-bond acceptors (Lipinski definition) is 3. The van der Waals surface area contributed by atoms with Crippen molar-refractivity contribution in [1.29, 1.82) is 0 Å². The molecule has 5 heteroatoms. The normalized spacial score (nSPS) is 22.3. The number of aliphatic carboxylic acids is 1. The van der Waals surface area contributed by atoms with Gasteiger partial charge in [0.25, 0.3) is 0 Å². The number of hydrogen-bond donors (Lipinski definition) is 2. The van der Waals surface area contributed by atoms with Crippen LogP contribution in [0.15, 0.2) is 0 Å². The van der Waals surface area contributed by atoms with Gasteiger partial charge in [-0.05, 0) is 12.3 Å². The van der Waals surface area contributed by atoms with Crippen molar-refractivity contribution in [2.75, 3.05) is 26.2 Å². The van der Waals surface area contributed by atoms with Gasteiger partial charge in [-0.25, -0.2) is 0 Å². The quantitative estimate of drug-likeness (QED) is 0.719. The molecule has 1 aliphatic heterocycles. The summed E-state index contributed by atoms with van der Waals surface area (Å²) in [5, 5.41) is 11.8. The second-order valence-electron chi connectivity index (χ2n) is 4.69. The van der Waals surface area contributed by atoms with Crippen LogP contribution < -0.4 is 5.32 Å². The maximum absolute atomic E-state index is 11.7. The molecule has 0 aromatic rings. The molecule has 0 radical (unpaired) electrons. The van der Waals surface area contributed by atoms with Crippen LogP contribution in [0.3, 0.4) is 0 Å². The van der Waals surface area contributed by atoms with E-state index in [2.05, 4.69) is 19.2 Å². The van der Waals surface area contributed by atoms with Crippen LogP contribution in [0, 0.1) is 11.8 Å². The highest BCUT2D eigenvalue weighted by atomic mass is 16.4. The maximum atomic E-state index is 11.7. The van der Waals surface area contributed by atoms with E-state index in [1.807, 2.05) is 0 Å². The molecule has 0 bridgehead atoms. The molecule has 1 saturated heterocycles. The number of carbonyl (C=O) groups excluding carboxylic acids is 1. The smallest absolute Gasteiger partial charge is 0.309 e.